The molecule has 0 aromatic heterocycles. The first kappa shape index (κ1) is 13.4. The summed E-state index contributed by atoms with van der Waals surface area (Å²) in [6.07, 6.45) is 1.13. The van der Waals surface area contributed by atoms with E-state index in [1.165, 1.54) is 0 Å². The van der Waals surface area contributed by atoms with Crippen LogP contribution in [0.2, 0.25) is 5.02 Å². The van der Waals surface area contributed by atoms with Crippen molar-refractivity contribution in [3.05, 3.63) is 59.1 Å². The van der Waals surface area contributed by atoms with Gasteiger partial charge in [-0.2, -0.15) is 0 Å². The second-order valence-corrected chi connectivity index (χ2v) is 4.70. The Morgan fingerprint density at radius 3 is 2.58 bits per heavy atom. The first-order valence-electron chi connectivity index (χ1n) is 6.04. The highest BCUT2D eigenvalue weighted by Gasteiger charge is 2.06. The average Bonchev–Trinajstić information content (AvgIpc) is 2.41. The second-order valence-electron chi connectivity index (χ2n) is 4.27. The molecule has 1 amide bonds. The smallest absolute Gasteiger partial charge is 0.224 e. The number of benzene rings is 2. The van der Waals surface area contributed by atoms with E-state index in [2.05, 4.69) is 5.32 Å². The molecule has 2 rings (SSSR count). The van der Waals surface area contributed by atoms with Gasteiger partial charge in [-0.1, -0.05) is 41.9 Å². The van der Waals surface area contributed by atoms with E-state index in [1.807, 2.05) is 30.3 Å². The van der Waals surface area contributed by atoms with Gasteiger partial charge in [0.1, 0.15) is 0 Å². The van der Waals surface area contributed by atoms with E-state index in [4.69, 9.17) is 17.3 Å². The quantitative estimate of drug-likeness (QED) is 0.839. The minimum atomic E-state index is -0.0575. The fourth-order valence-corrected chi connectivity index (χ4v) is 1.94. The zero-order valence-electron chi connectivity index (χ0n) is 10.4. The average molecular weight is 275 g/mol. The van der Waals surface area contributed by atoms with E-state index in [0.717, 1.165) is 5.56 Å². The van der Waals surface area contributed by atoms with Crippen LogP contribution >= 0.6 is 11.6 Å². The summed E-state index contributed by atoms with van der Waals surface area (Å²) in [5, 5.41) is 3.34. The molecule has 0 saturated carbocycles. The van der Waals surface area contributed by atoms with Gasteiger partial charge >= 0.3 is 0 Å². The van der Waals surface area contributed by atoms with E-state index < -0.39 is 0 Å². The second kappa shape index (κ2) is 6.25. The first-order chi connectivity index (χ1) is 9.15. The lowest BCUT2D eigenvalue weighted by Gasteiger charge is -2.08. The number of rotatable bonds is 4. The maximum atomic E-state index is 11.8. The number of carbonyl (C=O) groups is 1. The van der Waals surface area contributed by atoms with E-state index in [1.54, 1.807) is 18.2 Å². The Labute approximate surface area is 117 Å². The Hall–Kier alpha value is -2.00. The van der Waals surface area contributed by atoms with Gasteiger partial charge in [-0.3, -0.25) is 4.79 Å². The van der Waals surface area contributed by atoms with Crippen LogP contribution in [0, 0.1) is 0 Å². The van der Waals surface area contributed by atoms with Crippen molar-refractivity contribution < 1.29 is 4.79 Å². The van der Waals surface area contributed by atoms with Gasteiger partial charge in [-0.25, -0.2) is 0 Å². The van der Waals surface area contributed by atoms with Crippen LogP contribution < -0.4 is 11.1 Å². The van der Waals surface area contributed by atoms with Crippen LogP contribution in [0.5, 0.6) is 0 Å². The molecule has 2 aromatic carbocycles. The summed E-state index contributed by atoms with van der Waals surface area (Å²) in [5.41, 5.74) is 7.99. The SMILES string of the molecule is Nc1cc(Cl)ccc1NC(=O)CCc1ccccc1. The van der Waals surface area contributed by atoms with E-state index in [9.17, 15) is 4.79 Å². The standard InChI is InChI=1S/C15H15ClN2O/c16-12-7-8-14(13(17)10-12)18-15(19)9-6-11-4-2-1-3-5-11/h1-5,7-8,10H,6,9,17H2,(H,18,19). The van der Waals surface area contributed by atoms with Gasteiger partial charge in [0.25, 0.3) is 0 Å². The Bertz CT molecular complexity index is 570. The van der Waals surface area contributed by atoms with Crippen LogP contribution in [-0.4, -0.2) is 5.91 Å². The van der Waals surface area contributed by atoms with Crippen molar-refractivity contribution in [3.63, 3.8) is 0 Å². The number of amides is 1. The molecule has 0 aliphatic rings. The van der Waals surface area contributed by atoms with Gasteiger partial charge in [0.15, 0.2) is 0 Å². The Kier molecular flexibility index (Phi) is 4.42. The minimum absolute atomic E-state index is 0.0575. The Morgan fingerprint density at radius 1 is 1.16 bits per heavy atom. The van der Waals surface area contributed by atoms with Crippen LogP contribution in [-0.2, 0) is 11.2 Å². The maximum Gasteiger partial charge on any atom is 0.224 e. The van der Waals surface area contributed by atoms with Gasteiger partial charge in [0.2, 0.25) is 5.91 Å². The Morgan fingerprint density at radius 2 is 1.89 bits per heavy atom. The summed E-state index contributed by atoms with van der Waals surface area (Å²) in [6.45, 7) is 0. The summed E-state index contributed by atoms with van der Waals surface area (Å²) in [5.74, 6) is -0.0575. The molecule has 0 aliphatic heterocycles. The van der Waals surface area contributed by atoms with Crippen LogP contribution in [0.15, 0.2) is 48.5 Å². The van der Waals surface area contributed by atoms with Crippen LogP contribution in [0.1, 0.15) is 12.0 Å². The van der Waals surface area contributed by atoms with Crippen LogP contribution in [0.25, 0.3) is 0 Å². The van der Waals surface area contributed by atoms with Crippen LogP contribution in [0.4, 0.5) is 11.4 Å². The number of anilines is 2. The molecule has 0 aliphatic carbocycles. The zero-order chi connectivity index (χ0) is 13.7. The molecule has 19 heavy (non-hydrogen) atoms. The third kappa shape index (κ3) is 4.00. The van der Waals surface area contributed by atoms with Gasteiger partial charge in [-0.05, 0) is 30.2 Å². The number of aryl methyl sites for hydroxylation is 1. The molecule has 0 atom stereocenters. The molecule has 3 N–H and O–H groups in total. The number of nitrogens with one attached hydrogen (secondary N) is 1. The lowest BCUT2D eigenvalue weighted by Crippen LogP contribution is -2.13. The van der Waals surface area contributed by atoms with E-state index in [0.29, 0.717) is 29.2 Å². The molecule has 0 spiro atoms. The molecule has 98 valence electrons. The number of halogens is 1. The normalized spacial score (nSPS) is 10.2. The highest BCUT2D eigenvalue weighted by atomic mass is 35.5. The van der Waals surface area contributed by atoms with E-state index in [-0.39, 0.29) is 5.91 Å². The lowest BCUT2D eigenvalue weighted by molar-refractivity contribution is -0.116. The van der Waals surface area contributed by atoms with Crippen molar-refractivity contribution >= 4 is 28.9 Å². The Balaban J connectivity index is 1.91. The third-order valence-electron chi connectivity index (χ3n) is 2.77. The molecule has 2 aromatic rings. The highest BCUT2D eigenvalue weighted by Crippen LogP contribution is 2.22. The molecular weight excluding hydrogens is 260 g/mol. The monoisotopic (exact) mass is 274 g/mol. The summed E-state index contributed by atoms with van der Waals surface area (Å²) in [7, 11) is 0. The van der Waals surface area contributed by atoms with Gasteiger partial charge < -0.3 is 11.1 Å². The molecule has 0 unspecified atom stereocenters. The van der Waals surface area contributed by atoms with Gasteiger partial charge in [0, 0.05) is 11.4 Å². The van der Waals surface area contributed by atoms with Crippen molar-refractivity contribution in [2.45, 2.75) is 12.8 Å². The molecule has 0 saturated heterocycles. The molecular formula is C15H15ClN2O. The van der Waals surface area contributed by atoms with Gasteiger partial charge in [0.05, 0.1) is 11.4 Å². The number of nitrogens with two attached hydrogens (primary N) is 1. The van der Waals surface area contributed by atoms with Crippen molar-refractivity contribution in [3.8, 4) is 0 Å². The predicted molar refractivity (Wildman–Crippen MR) is 79.3 cm³/mol. The molecule has 0 fully saturated rings. The predicted octanol–water partition coefficient (Wildman–Crippen LogP) is 3.49. The highest BCUT2D eigenvalue weighted by molar-refractivity contribution is 6.31. The van der Waals surface area contributed by atoms with Crippen LogP contribution in [0.3, 0.4) is 0 Å². The summed E-state index contributed by atoms with van der Waals surface area (Å²) in [6, 6.07) is 14.9. The number of hydrogen-bond acceptors (Lipinski definition) is 2. The molecule has 3 nitrogen and oxygen atoms in total. The fraction of sp³-hybridized carbons (Fsp3) is 0.133. The summed E-state index contributed by atoms with van der Waals surface area (Å²) in [4.78, 5) is 11.8. The number of carbonyl (C=O) groups excluding carboxylic acids is 1. The van der Waals surface area contributed by atoms with Crippen molar-refractivity contribution in [2.75, 3.05) is 11.1 Å². The molecule has 0 heterocycles. The van der Waals surface area contributed by atoms with Gasteiger partial charge in [-0.15, -0.1) is 0 Å². The lowest BCUT2D eigenvalue weighted by atomic mass is 10.1. The topological polar surface area (TPSA) is 55.1 Å². The summed E-state index contributed by atoms with van der Waals surface area (Å²) >= 11 is 5.80. The first-order valence-corrected chi connectivity index (χ1v) is 6.42. The van der Waals surface area contributed by atoms with E-state index >= 15 is 0 Å². The largest absolute Gasteiger partial charge is 0.397 e. The van der Waals surface area contributed by atoms with Crippen molar-refractivity contribution in [1.82, 2.24) is 0 Å². The number of hydrogen-bond donors (Lipinski definition) is 2. The zero-order valence-corrected chi connectivity index (χ0v) is 11.2. The molecule has 0 bridgehead atoms. The minimum Gasteiger partial charge on any atom is -0.397 e. The molecule has 0 radical (unpaired) electrons. The molecule has 4 heteroatoms. The maximum absolute atomic E-state index is 11.8. The van der Waals surface area contributed by atoms with Crippen molar-refractivity contribution in [2.24, 2.45) is 0 Å². The fourth-order valence-electron chi connectivity index (χ4n) is 1.76. The van der Waals surface area contributed by atoms with Crippen molar-refractivity contribution in [1.29, 1.82) is 0 Å². The number of nitrogen functional groups attached to an aromatic ring is 1. The third-order valence-corrected chi connectivity index (χ3v) is 3.01. The summed E-state index contributed by atoms with van der Waals surface area (Å²) < 4.78 is 0.